The predicted octanol–water partition coefficient (Wildman–Crippen LogP) is 3.06. The second-order valence-corrected chi connectivity index (χ2v) is 6.88. The molecular weight excluding hydrogens is 368 g/mol. The summed E-state index contributed by atoms with van der Waals surface area (Å²) in [5.41, 5.74) is 0.995. The Kier molecular flexibility index (Phi) is 6.78. The van der Waals surface area contributed by atoms with Crippen LogP contribution in [0.25, 0.3) is 0 Å². The summed E-state index contributed by atoms with van der Waals surface area (Å²) in [5.74, 6) is -0.141. The van der Waals surface area contributed by atoms with Gasteiger partial charge in [-0.2, -0.15) is 0 Å². The molecule has 0 radical (unpaired) electrons. The van der Waals surface area contributed by atoms with E-state index in [1.54, 1.807) is 30.5 Å². The van der Waals surface area contributed by atoms with E-state index in [0.29, 0.717) is 35.4 Å². The number of nitrogens with zero attached hydrogens (tertiary/aromatic N) is 1. The third-order valence-corrected chi connectivity index (χ3v) is 4.79. The third kappa shape index (κ3) is 5.51. The number of amides is 1. The summed E-state index contributed by atoms with van der Waals surface area (Å²) >= 11 is 1.26. The van der Waals surface area contributed by atoms with Gasteiger partial charge in [-0.15, -0.1) is 11.3 Å². The van der Waals surface area contributed by atoms with E-state index in [0.717, 1.165) is 19.4 Å². The number of thiazole rings is 1. The van der Waals surface area contributed by atoms with Gasteiger partial charge in [0.05, 0.1) is 30.4 Å². The number of aromatic nitrogens is 1. The van der Waals surface area contributed by atoms with Gasteiger partial charge >= 0.3 is 5.97 Å². The van der Waals surface area contributed by atoms with E-state index in [9.17, 15) is 9.59 Å². The number of benzene rings is 1. The minimum absolute atomic E-state index is 0.0746. The minimum atomic E-state index is -0.339. The van der Waals surface area contributed by atoms with Gasteiger partial charge in [0.2, 0.25) is 0 Å². The number of ether oxygens (including phenoxy) is 3. The molecule has 1 aliphatic rings. The zero-order valence-electron chi connectivity index (χ0n) is 15.1. The highest BCUT2D eigenvalue weighted by atomic mass is 32.1. The fourth-order valence-electron chi connectivity index (χ4n) is 2.71. The Morgan fingerprint density at radius 1 is 1.37 bits per heavy atom. The molecular formula is C19H22N2O5S. The van der Waals surface area contributed by atoms with Crippen LogP contribution in [0.4, 0.5) is 5.13 Å². The highest BCUT2D eigenvalue weighted by Gasteiger charge is 2.19. The molecule has 0 bridgehead atoms. The topological polar surface area (TPSA) is 86.8 Å². The maximum absolute atomic E-state index is 12.6. The molecule has 1 aromatic heterocycles. The van der Waals surface area contributed by atoms with Crippen molar-refractivity contribution in [3.63, 3.8) is 0 Å². The first-order valence-electron chi connectivity index (χ1n) is 8.90. The molecule has 1 atom stereocenters. The first-order valence-corrected chi connectivity index (χ1v) is 9.78. The molecule has 144 valence electrons. The first kappa shape index (κ1) is 19.3. The molecule has 0 aliphatic carbocycles. The molecule has 8 heteroatoms. The predicted molar refractivity (Wildman–Crippen MR) is 101 cm³/mol. The van der Waals surface area contributed by atoms with Crippen LogP contribution in [0.3, 0.4) is 0 Å². The van der Waals surface area contributed by atoms with Crippen molar-refractivity contribution in [1.82, 2.24) is 4.98 Å². The molecule has 1 aliphatic heterocycles. The lowest BCUT2D eigenvalue weighted by molar-refractivity contribution is -0.142. The second-order valence-electron chi connectivity index (χ2n) is 6.02. The Morgan fingerprint density at radius 3 is 3.00 bits per heavy atom. The number of esters is 1. The summed E-state index contributed by atoms with van der Waals surface area (Å²) in [7, 11) is 0. The number of hydrogen-bond acceptors (Lipinski definition) is 7. The number of anilines is 1. The van der Waals surface area contributed by atoms with Crippen LogP contribution in [0.2, 0.25) is 0 Å². The monoisotopic (exact) mass is 390 g/mol. The van der Waals surface area contributed by atoms with Gasteiger partial charge in [0.15, 0.2) is 5.13 Å². The van der Waals surface area contributed by atoms with E-state index in [2.05, 4.69) is 10.3 Å². The Bertz CT molecular complexity index is 786. The molecule has 1 saturated heterocycles. The molecule has 3 rings (SSSR count). The van der Waals surface area contributed by atoms with E-state index in [1.165, 1.54) is 11.3 Å². The molecule has 0 saturated carbocycles. The Morgan fingerprint density at radius 2 is 2.22 bits per heavy atom. The van der Waals surface area contributed by atoms with Crippen molar-refractivity contribution in [2.75, 3.05) is 25.1 Å². The summed E-state index contributed by atoms with van der Waals surface area (Å²) in [6.45, 7) is 3.26. The summed E-state index contributed by atoms with van der Waals surface area (Å²) in [4.78, 5) is 28.4. The standard InChI is InChI=1S/C19H22N2O5S/c1-2-24-17(22)10-13-12-27-19(20-13)21-18(23)15-7-3-4-8-16(15)26-11-14-6-5-9-25-14/h3-4,7-8,12,14H,2,5-6,9-11H2,1H3,(H,20,21,23)/t14-/m0/s1. The lowest BCUT2D eigenvalue weighted by atomic mass is 10.2. The summed E-state index contributed by atoms with van der Waals surface area (Å²) in [6.07, 6.45) is 2.16. The van der Waals surface area contributed by atoms with Crippen molar-refractivity contribution in [2.45, 2.75) is 32.3 Å². The highest BCUT2D eigenvalue weighted by Crippen LogP contribution is 2.23. The summed E-state index contributed by atoms with van der Waals surface area (Å²) in [5, 5.41) is 4.91. The van der Waals surface area contributed by atoms with Crippen LogP contribution in [0.15, 0.2) is 29.6 Å². The number of hydrogen-bond donors (Lipinski definition) is 1. The van der Waals surface area contributed by atoms with Gasteiger partial charge in [-0.05, 0) is 31.9 Å². The zero-order chi connectivity index (χ0) is 19.1. The minimum Gasteiger partial charge on any atom is -0.490 e. The van der Waals surface area contributed by atoms with Gasteiger partial charge in [0.1, 0.15) is 12.4 Å². The van der Waals surface area contributed by atoms with Gasteiger partial charge in [-0.25, -0.2) is 4.98 Å². The number of carbonyl (C=O) groups excluding carboxylic acids is 2. The van der Waals surface area contributed by atoms with Crippen LogP contribution in [-0.2, 0) is 20.7 Å². The fourth-order valence-corrected chi connectivity index (χ4v) is 3.41. The smallest absolute Gasteiger partial charge is 0.311 e. The lowest BCUT2D eigenvalue weighted by Gasteiger charge is -2.14. The second kappa shape index (κ2) is 9.48. The fraction of sp³-hybridized carbons (Fsp3) is 0.421. The maximum atomic E-state index is 12.6. The number of nitrogens with one attached hydrogen (secondary N) is 1. The number of carbonyl (C=O) groups is 2. The normalized spacial score (nSPS) is 16.1. The summed E-state index contributed by atoms with van der Waals surface area (Å²) in [6, 6.07) is 7.07. The lowest BCUT2D eigenvalue weighted by Crippen LogP contribution is -2.19. The van der Waals surface area contributed by atoms with Crippen molar-refractivity contribution < 1.29 is 23.8 Å². The van der Waals surface area contributed by atoms with Crippen LogP contribution in [0.5, 0.6) is 5.75 Å². The summed E-state index contributed by atoms with van der Waals surface area (Å²) < 4.78 is 16.3. The Balaban J connectivity index is 1.60. The van der Waals surface area contributed by atoms with Gasteiger partial charge in [-0.3, -0.25) is 14.9 Å². The van der Waals surface area contributed by atoms with Crippen molar-refractivity contribution in [1.29, 1.82) is 0 Å². The van der Waals surface area contributed by atoms with Crippen molar-refractivity contribution >= 4 is 28.3 Å². The van der Waals surface area contributed by atoms with Gasteiger partial charge in [0.25, 0.3) is 5.91 Å². The SMILES string of the molecule is CCOC(=O)Cc1csc(NC(=O)c2ccccc2OC[C@@H]2CCCO2)n1. The van der Waals surface area contributed by atoms with Crippen LogP contribution < -0.4 is 10.1 Å². The van der Waals surface area contributed by atoms with Crippen molar-refractivity contribution in [2.24, 2.45) is 0 Å². The van der Waals surface area contributed by atoms with Crippen LogP contribution in [0, 0.1) is 0 Å². The zero-order valence-corrected chi connectivity index (χ0v) is 15.9. The molecule has 1 N–H and O–H groups in total. The van der Waals surface area contributed by atoms with Crippen LogP contribution >= 0.6 is 11.3 Å². The van der Waals surface area contributed by atoms with Crippen LogP contribution in [0.1, 0.15) is 35.8 Å². The molecule has 1 fully saturated rings. The molecule has 7 nitrogen and oxygen atoms in total. The maximum Gasteiger partial charge on any atom is 0.311 e. The molecule has 0 unspecified atom stereocenters. The van der Waals surface area contributed by atoms with Crippen LogP contribution in [-0.4, -0.2) is 42.8 Å². The van der Waals surface area contributed by atoms with Crippen molar-refractivity contribution in [3.8, 4) is 5.75 Å². The van der Waals surface area contributed by atoms with E-state index < -0.39 is 0 Å². The molecule has 1 aromatic carbocycles. The van der Waals surface area contributed by atoms with E-state index in [4.69, 9.17) is 14.2 Å². The highest BCUT2D eigenvalue weighted by molar-refractivity contribution is 7.14. The molecule has 2 heterocycles. The first-order chi connectivity index (χ1) is 13.2. The number of para-hydroxylation sites is 1. The van der Waals surface area contributed by atoms with Crippen molar-refractivity contribution in [3.05, 3.63) is 40.9 Å². The molecule has 2 aromatic rings. The van der Waals surface area contributed by atoms with Gasteiger partial charge in [-0.1, -0.05) is 12.1 Å². The third-order valence-electron chi connectivity index (χ3n) is 3.98. The quantitative estimate of drug-likeness (QED) is 0.697. The average molecular weight is 390 g/mol. The van der Waals surface area contributed by atoms with Gasteiger partial charge < -0.3 is 14.2 Å². The molecule has 1 amide bonds. The molecule has 27 heavy (non-hydrogen) atoms. The van der Waals surface area contributed by atoms with Gasteiger partial charge in [0, 0.05) is 12.0 Å². The Labute approximate surface area is 161 Å². The van der Waals surface area contributed by atoms with E-state index >= 15 is 0 Å². The van der Waals surface area contributed by atoms with E-state index in [-0.39, 0.29) is 24.4 Å². The molecule has 0 spiro atoms. The average Bonchev–Trinajstić information content (AvgIpc) is 3.32. The van der Waals surface area contributed by atoms with E-state index in [1.807, 2.05) is 6.07 Å². The number of rotatable bonds is 8. The Hall–Kier alpha value is -2.45. The largest absolute Gasteiger partial charge is 0.490 e.